The van der Waals surface area contributed by atoms with E-state index in [1.807, 2.05) is 60.7 Å². The van der Waals surface area contributed by atoms with Crippen LogP contribution in [0.1, 0.15) is 16.7 Å². The second-order valence-electron chi connectivity index (χ2n) is 5.62. The molecular formula is C19H20N4O3. The van der Waals surface area contributed by atoms with Gasteiger partial charge in [0.05, 0.1) is 12.7 Å². The average molecular weight is 352 g/mol. The number of nitrogens with two attached hydrogens (primary N) is 1. The fraction of sp³-hybridized carbons (Fsp3) is 0.158. The summed E-state index contributed by atoms with van der Waals surface area (Å²) in [6, 6.07) is 19.2. The molecule has 3 aromatic rings. The monoisotopic (exact) mass is 352 g/mol. The summed E-state index contributed by atoms with van der Waals surface area (Å²) >= 11 is 0. The Balaban J connectivity index is 1.46. The van der Waals surface area contributed by atoms with E-state index in [-0.39, 0.29) is 13.2 Å². The SMILES string of the molecule is Nc1nn(OCc2ccccc2)cc1CNC(=O)OCc1ccccc1. The molecule has 1 aromatic heterocycles. The average Bonchev–Trinajstić information content (AvgIpc) is 3.04. The summed E-state index contributed by atoms with van der Waals surface area (Å²) in [5.41, 5.74) is 8.45. The molecule has 0 unspecified atom stereocenters. The minimum absolute atomic E-state index is 0.203. The molecule has 0 radical (unpaired) electrons. The summed E-state index contributed by atoms with van der Waals surface area (Å²) in [5, 5.41) is 6.72. The van der Waals surface area contributed by atoms with Gasteiger partial charge in [-0.15, -0.1) is 9.94 Å². The predicted molar refractivity (Wildman–Crippen MR) is 96.8 cm³/mol. The molecule has 7 heteroatoms. The molecule has 134 valence electrons. The number of hydrogen-bond acceptors (Lipinski definition) is 5. The van der Waals surface area contributed by atoms with E-state index in [2.05, 4.69) is 10.4 Å². The van der Waals surface area contributed by atoms with Gasteiger partial charge in [-0.05, 0) is 11.1 Å². The number of nitrogen functional groups attached to an aromatic ring is 1. The Morgan fingerprint density at radius 2 is 1.62 bits per heavy atom. The van der Waals surface area contributed by atoms with E-state index >= 15 is 0 Å². The summed E-state index contributed by atoms with van der Waals surface area (Å²) in [6.07, 6.45) is 1.11. The van der Waals surface area contributed by atoms with Crippen LogP contribution in [0.5, 0.6) is 0 Å². The number of anilines is 1. The van der Waals surface area contributed by atoms with E-state index in [1.165, 1.54) is 4.85 Å². The van der Waals surface area contributed by atoms with E-state index in [0.29, 0.717) is 18.0 Å². The molecule has 7 nitrogen and oxygen atoms in total. The second-order valence-corrected chi connectivity index (χ2v) is 5.62. The van der Waals surface area contributed by atoms with Gasteiger partial charge in [0.2, 0.25) is 0 Å². The van der Waals surface area contributed by atoms with Crippen LogP contribution >= 0.6 is 0 Å². The van der Waals surface area contributed by atoms with E-state index in [9.17, 15) is 4.79 Å². The summed E-state index contributed by atoms with van der Waals surface area (Å²) in [4.78, 5) is 18.6. The Kier molecular flexibility index (Phi) is 5.72. The first-order valence-corrected chi connectivity index (χ1v) is 8.16. The quantitative estimate of drug-likeness (QED) is 0.682. The third-order valence-corrected chi connectivity index (χ3v) is 3.64. The van der Waals surface area contributed by atoms with Crippen LogP contribution in [0.3, 0.4) is 0 Å². The highest BCUT2D eigenvalue weighted by Crippen LogP contribution is 2.09. The summed E-state index contributed by atoms with van der Waals surface area (Å²) in [7, 11) is 0. The molecule has 0 saturated carbocycles. The van der Waals surface area contributed by atoms with Gasteiger partial charge in [-0.2, -0.15) is 0 Å². The van der Waals surface area contributed by atoms with Crippen molar-refractivity contribution in [1.82, 2.24) is 15.3 Å². The van der Waals surface area contributed by atoms with Crippen LogP contribution in [0.25, 0.3) is 0 Å². The zero-order valence-corrected chi connectivity index (χ0v) is 14.2. The minimum Gasteiger partial charge on any atom is -0.445 e. The highest BCUT2D eigenvalue weighted by molar-refractivity contribution is 5.67. The first-order valence-electron chi connectivity index (χ1n) is 8.16. The Labute approximate surface area is 151 Å². The maximum atomic E-state index is 11.8. The van der Waals surface area contributed by atoms with Crippen molar-refractivity contribution in [2.75, 3.05) is 5.73 Å². The number of carbonyl (C=O) groups is 1. The lowest BCUT2D eigenvalue weighted by molar-refractivity contribution is 0.0705. The van der Waals surface area contributed by atoms with Gasteiger partial charge < -0.3 is 20.6 Å². The molecule has 0 atom stereocenters. The number of alkyl carbamates (subject to hydrolysis) is 1. The van der Waals surface area contributed by atoms with Crippen molar-refractivity contribution in [2.45, 2.75) is 19.8 Å². The molecule has 0 fully saturated rings. The molecule has 3 rings (SSSR count). The number of nitrogens with zero attached hydrogens (tertiary/aromatic N) is 2. The third-order valence-electron chi connectivity index (χ3n) is 3.64. The maximum absolute atomic E-state index is 11.8. The Bertz CT molecular complexity index is 835. The highest BCUT2D eigenvalue weighted by Gasteiger charge is 2.09. The molecule has 2 aromatic carbocycles. The number of hydrogen-bond donors (Lipinski definition) is 2. The second kappa shape index (κ2) is 8.57. The van der Waals surface area contributed by atoms with Crippen molar-refractivity contribution in [3.8, 4) is 0 Å². The van der Waals surface area contributed by atoms with Crippen LogP contribution < -0.4 is 15.9 Å². The summed E-state index contributed by atoms with van der Waals surface area (Å²) in [5.74, 6) is 0.293. The van der Waals surface area contributed by atoms with Gasteiger partial charge >= 0.3 is 6.09 Å². The van der Waals surface area contributed by atoms with Gasteiger partial charge in [-0.3, -0.25) is 0 Å². The normalized spacial score (nSPS) is 10.3. The molecule has 0 aliphatic heterocycles. The standard InChI is InChI=1S/C19H20N4O3/c20-18-17(11-21-19(24)25-13-15-7-3-1-4-8-15)12-23(22-18)26-14-16-9-5-2-6-10-16/h1-10,12H,11,13-14H2,(H2,20,22)(H,21,24). The van der Waals surface area contributed by atoms with Gasteiger partial charge in [0.15, 0.2) is 5.82 Å². The van der Waals surface area contributed by atoms with Crippen molar-refractivity contribution < 1.29 is 14.4 Å². The number of rotatable bonds is 7. The lowest BCUT2D eigenvalue weighted by Crippen LogP contribution is -2.23. The molecular weight excluding hydrogens is 332 g/mol. The largest absolute Gasteiger partial charge is 0.445 e. The highest BCUT2D eigenvalue weighted by atomic mass is 16.7. The number of ether oxygens (including phenoxy) is 1. The van der Waals surface area contributed by atoms with Crippen molar-refractivity contribution in [3.63, 3.8) is 0 Å². The lowest BCUT2D eigenvalue weighted by atomic mass is 10.2. The first kappa shape index (κ1) is 17.3. The third kappa shape index (κ3) is 5.01. The fourth-order valence-electron chi connectivity index (χ4n) is 2.26. The molecule has 1 heterocycles. The van der Waals surface area contributed by atoms with Crippen LogP contribution in [0.15, 0.2) is 66.9 Å². The number of carbonyl (C=O) groups excluding carboxylic acids is 1. The van der Waals surface area contributed by atoms with Crippen molar-refractivity contribution in [1.29, 1.82) is 0 Å². The molecule has 3 N–H and O–H groups in total. The zero-order valence-electron chi connectivity index (χ0n) is 14.2. The number of nitrogens with one attached hydrogen (secondary N) is 1. The fourth-order valence-corrected chi connectivity index (χ4v) is 2.26. The number of amides is 1. The van der Waals surface area contributed by atoms with Crippen molar-refractivity contribution in [2.24, 2.45) is 0 Å². The molecule has 0 aliphatic carbocycles. The van der Waals surface area contributed by atoms with E-state index < -0.39 is 6.09 Å². The minimum atomic E-state index is -0.522. The van der Waals surface area contributed by atoms with Gasteiger partial charge in [0, 0.05) is 5.56 Å². The predicted octanol–water partition coefficient (Wildman–Crippen LogP) is 2.52. The van der Waals surface area contributed by atoms with Crippen LogP contribution in [0, 0.1) is 0 Å². The molecule has 0 aliphatic rings. The van der Waals surface area contributed by atoms with Gasteiger partial charge in [0.1, 0.15) is 13.2 Å². The van der Waals surface area contributed by atoms with Crippen LogP contribution in [-0.2, 0) is 24.5 Å². The van der Waals surface area contributed by atoms with Crippen molar-refractivity contribution in [3.05, 3.63) is 83.6 Å². The maximum Gasteiger partial charge on any atom is 0.407 e. The van der Waals surface area contributed by atoms with Gasteiger partial charge in [-0.25, -0.2) is 4.79 Å². The van der Waals surface area contributed by atoms with Gasteiger partial charge in [-0.1, -0.05) is 60.7 Å². The number of benzene rings is 2. The molecule has 0 saturated heterocycles. The van der Waals surface area contributed by atoms with Crippen molar-refractivity contribution >= 4 is 11.9 Å². The Hall–Kier alpha value is -3.48. The summed E-state index contributed by atoms with van der Waals surface area (Å²) in [6.45, 7) is 0.781. The van der Waals surface area contributed by atoms with Crippen LogP contribution in [0.4, 0.5) is 10.6 Å². The topological polar surface area (TPSA) is 91.4 Å². The first-order chi connectivity index (χ1) is 12.7. The lowest BCUT2D eigenvalue weighted by Gasteiger charge is -2.06. The van der Waals surface area contributed by atoms with Gasteiger partial charge in [0.25, 0.3) is 0 Å². The van der Waals surface area contributed by atoms with E-state index in [0.717, 1.165) is 11.1 Å². The Morgan fingerprint density at radius 3 is 2.27 bits per heavy atom. The smallest absolute Gasteiger partial charge is 0.407 e. The summed E-state index contributed by atoms with van der Waals surface area (Å²) < 4.78 is 5.15. The van der Waals surface area contributed by atoms with E-state index in [4.69, 9.17) is 15.3 Å². The zero-order chi connectivity index (χ0) is 18.2. The Morgan fingerprint density at radius 1 is 1.00 bits per heavy atom. The molecule has 0 spiro atoms. The molecule has 1 amide bonds. The van der Waals surface area contributed by atoms with E-state index in [1.54, 1.807) is 6.20 Å². The number of aromatic nitrogens is 2. The van der Waals surface area contributed by atoms with Crippen LogP contribution in [0.2, 0.25) is 0 Å². The van der Waals surface area contributed by atoms with Crippen LogP contribution in [-0.4, -0.2) is 16.0 Å². The molecule has 0 bridgehead atoms. The molecule has 26 heavy (non-hydrogen) atoms.